The van der Waals surface area contributed by atoms with Crippen LogP contribution in [0.4, 0.5) is 11.4 Å². The molecule has 136 valence electrons. The SMILES string of the molecule is O=C(C1CCCC1)N1CCN(CCN2CCOCC2)c2ccccc21. The first kappa shape index (κ1) is 16.9. The number of fused-ring (bicyclic) bond motifs is 1. The summed E-state index contributed by atoms with van der Waals surface area (Å²) in [6, 6.07) is 8.43. The highest BCUT2D eigenvalue weighted by Crippen LogP contribution is 2.36. The van der Waals surface area contributed by atoms with Gasteiger partial charge in [0.15, 0.2) is 0 Å². The van der Waals surface area contributed by atoms with Gasteiger partial charge < -0.3 is 14.5 Å². The number of rotatable bonds is 4. The van der Waals surface area contributed by atoms with Crippen LogP contribution in [0.3, 0.4) is 0 Å². The average Bonchev–Trinajstić information content (AvgIpc) is 3.21. The normalized spacial score (nSPS) is 22.2. The van der Waals surface area contributed by atoms with E-state index in [0.717, 1.165) is 71.0 Å². The van der Waals surface area contributed by atoms with E-state index < -0.39 is 0 Å². The zero-order chi connectivity index (χ0) is 17.1. The first-order valence-electron chi connectivity index (χ1n) is 9.78. The number of carbonyl (C=O) groups excluding carboxylic acids is 1. The van der Waals surface area contributed by atoms with Crippen molar-refractivity contribution in [1.82, 2.24) is 4.90 Å². The summed E-state index contributed by atoms with van der Waals surface area (Å²) in [7, 11) is 0. The molecule has 0 radical (unpaired) electrons. The molecule has 2 aliphatic heterocycles. The average molecular weight is 343 g/mol. The van der Waals surface area contributed by atoms with Crippen LogP contribution in [0.2, 0.25) is 0 Å². The molecule has 0 spiro atoms. The largest absolute Gasteiger partial charge is 0.379 e. The molecule has 1 saturated heterocycles. The highest BCUT2D eigenvalue weighted by molar-refractivity contribution is 5.99. The molecule has 0 N–H and O–H groups in total. The second-order valence-corrected chi connectivity index (χ2v) is 7.40. The Labute approximate surface area is 150 Å². The number of benzene rings is 1. The first-order valence-corrected chi connectivity index (χ1v) is 9.78. The molecule has 1 amide bonds. The third-order valence-corrected chi connectivity index (χ3v) is 5.87. The molecule has 1 aromatic carbocycles. The maximum Gasteiger partial charge on any atom is 0.230 e. The molecular weight excluding hydrogens is 314 g/mol. The monoisotopic (exact) mass is 343 g/mol. The van der Waals surface area contributed by atoms with Crippen molar-refractivity contribution in [3.63, 3.8) is 0 Å². The summed E-state index contributed by atoms with van der Waals surface area (Å²) in [5.74, 6) is 0.589. The highest BCUT2D eigenvalue weighted by Gasteiger charge is 2.32. The number of hydrogen-bond acceptors (Lipinski definition) is 4. The van der Waals surface area contributed by atoms with Crippen molar-refractivity contribution in [2.45, 2.75) is 25.7 Å². The van der Waals surface area contributed by atoms with E-state index in [-0.39, 0.29) is 5.92 Å². The lowest BCUT2D eigenvalue weighted by atomic mass is 10.0. The van der Waals surface area contributed by atoms with Gasteiger partial charge in [0.1, 0.15) is 0 Å². The molecule has 1 saturated carbocycles. The van der Waals surface area contributed by atoms with Gasteiger partial charge in [-0.25, -0.2) is 0 Å². The van der Waals surface area contributed by atoms with E-state index in [9.17, 15) is 4.79 Å². The molecular formula is C20H29N3O2. The number of nitrogens with zero attached hydrogens (tertiary/aromatic N) is 3. The highest BCUT2D eigenvalue weighted by atomic mass is 16.5. The zero-order valence-corrected chi connectivity index (χ0v) is 15.0. The third-order valence-electron chi connectivity index (χ3n) is 5.87. The summed E-state index contributed by atoms with van der Waals surface area (Å²) in [5.41, 5.74) is 2.32. The van der Waals surface area contributed by atoms with E-state index in [0.29, 0.717) is 5.91 Å². The van der Waals surface area contributed by atoms with Gasteiger partial charge in [-0.05, 0) is 25.0 Å². The second kappa shape index (κ2) is 7.75. The van der Waals surface area contributed by atoms with E-state index in [1.807, 2.05) is 0 Å². The predicted molar refractivity (Wildman–Crippen MR) is 100 cm³/mol. The van der Waals surface area contributed by atoms with Gasteiger partial charge in [0, 0.05) is 45.2 Å². The number of ether oxygens (including phenoxy) is 1. The van der Waals surface area contributed by atoms with Crippen molar-refractivity contribution >= 4 is 17.3 Å². The van der Waals surface area contributed by atoms with Gasteiger partial charge in [0.25, 0.3) is 0 Å². The van der Waals surface area contributed by atoms with Gasteiger partial charge in [-0.15, -0.1) is 0 Å². The molecule has 25 heavy (non-hydrogen) atoms. The molecule has 3 aliphatic rings. The minimum atomic E-state index is 0.243. The number of amides is 1. The zero-order valence-electron chi connectivity index (χ0n) is 15.0. The van der Waals surface area contributed by atoms with Crippen molar-refractivity contribution < 1.29 is 9.53 Å². The van der Waals surface area contributed by atoms with E-state index in [1.54, 1.807) is 0 Å². The Morgan fingerprint density at radius 2 is 1.68 bits per heavy atom. The van der Waals surface area contributed by atoms with Crippen molar-refractivity contribution in [3.05, 3.63) is 24.3 Å². The van der Waals surface area contributed by atoms with Crippen molar-refractivity contribution in [3.8, 4) is 0 Å². The molecule has 0 unspecified atom stereocenters. The standard InChI is InChI=1S/C20H29N3O2/c24-20(17-5-1-2-6-17)23-12-11-22(18-7-3-4-8-19(18)23)10-9-21-13-15-25-16-14-21/h3-4,7-8,17H,1-2,5-6,9-16H2. The summed E-state index contributed by atoms with van der Waals surface area (Å²) in [5, 5.41) is 0. The molecule has 5 heteroatoms. The molecule has 1 aliphatic carbocycles. The van der Waals surface area contributed by atoms with Crippen LogP contribution >= 0.6 is 0 Å². The molecule has 5 nitrogen and oxygen atoms in total. The summed E-state index contributed by atoms with van der Waals surface area (Å²) in [6.07, 6.45) is 4.55. The van der Waals surface area contributed by atoms with E-state index in [1.165, 1.54) is 18.5 Å². The van der Waals surface area contributed by atoms with Crippen LogP contribution in [0.1, 0.15) is 25.7 Å². The predicted octanol–water partition coefficient (Wildman–Crippen LogP) is 2.36. The second-order valence-electron chi connectivity index (χ2n) is 7.40. The van der Waals surface area contributed by atoms with Crippen molar-refractivity contribution in [2.75, 3.05) is 62.3 Å². The number of carbonyl (C=O) groups is 1. The van der Waals surface area contributed by atoms with Gasteiger partial charge >= 0.3 is 0 Å². The third kappa shape index (κ3) is 3.67. The number of morpholine rings is 1. The molecule has 4 rings (SSSR count). The van der Waals surface area contributed by atoms with Gasteiger partial charge in [-0.1, -0.05) is 25.0 Å². The first-order chi connectivity index (χ1) is 12.3. The lowest BCUT2D eigenvalue weighted by molar-refractivity contribution is -0.122. The van der Waals surface area contributed by atoms with Crippen LogP contribution in [0.25, 0.3) is 0 Å². The maximum absolute atomic E-state index is 13.0. The molecule has 2 heterocycles. The van der Waals surface area contributed by atoms with Crippen LogP contribution in [0.5, 0.6) is 0 Å². The number of para-hydroxylation sites is 2. The Morgan fingerprint density at radius 1 is 0.960 bits per heavy atom. The Hall–Kier alpha value is -1.59. The molecule has 0 aromatic heterocycles. The summed E-state index contributed by atoms with van der Waals surface area (Å²) < 4.78 is 5.44. The Bertz CT molecular complexity index is 594. The molecule has 0 atom stereocenters. The maximum atomic E-state index is 13.0. The van der Waals surface area contributed by atoms with Crippen molar-refractivity contribution in [1.29, 1.82) is 0 Å². The quantitative estimate of drug-likeness (QED) is 0.841. The van der Waals surface area contributed by atoms with Crippen molar-refractivity contribution in [2.24, 2.45) is 5.92 Å². The summed E-state index contributed by atoms with van der Waals surface area (Å²) in [4.78, 5) is 19.9. The van der Waals surface area contributed by atoms with Crippen LogP contribution < -0.4 is 9.80 Å². The fourth-order valence-electron chi connectivity index (χ4n) is 4.36. The smallest absolute Gasteiger partial charge is 0.230 e. The number of hydrogen-bond donors (Lipinski definition) is 0. The van der Waals surface area contributed by atoms with Gasteiger partial charge in [0.2, 0.25) is 5.91 Å². The van der Waals surface area contributed by atoms with Crippen LogP contribution in [0.15, 0.2) is 24.3 Å². The van der Waals surface area contributed by atoms with Gasteiger partial charge in [-0.2, -0.15) is 0 Å². The molecule has 1 aromatic rings. The van der Waals surface area contributed by atoms with Crippen LogP contribution in [-0.2, 0) is 9.53 Å². The van der Waals surface area contributed by atoms with Gasteiger partial charge in [-0.3, -0.25) is 9.69 Å². The Balaban J connectivity index is 1.45. The fourth-order valence-corrected chi connectivity index (χ4v) is 4.36. The summed E-state index contributed by atoms with van der Waals surface area (Å²) >= 11 is 0. The van der Waals surface area contributed by atoms with E-state index in [2.05, 4.69) is 39.0 Å². The fraction of sp³-hybridized carbons (Fsp3) is 0.650. The van der Waals surface area contributed by atoms with Crippen LogP contribution in [0, 0.1) is 5.92 Å². The minimum absolute atomic E-state index is 0.243. The molecule has 2 fully saturated rings. The lowest BCUT2D eigenvalue weighted by Gasteiger charge is -2.39. The van der Waals surface area contributed by atoms with Gasteiger partial charge in [0.05, 0.1) is 24.6 Å². The Morgan fingerprint density at radius 3 is 2.44 bits per heavy atom. The minimum Gasteiger partial charge on any atom is -0.379 e. The topological polar surface area (TPSA) is 36.0 Å². The summed E-state index contributed by atoms with van der Waals surface area (Å²) in [6.45, 7) is 7.58. The lowest BCUT2D eigenvalue weighted by Crippen LogP contribution is -2.48. The number of anilines is 2. The molecule has 0 bridgehead atoms. The van der Waals surface area contributed by atoms with Crippen LogP contribution in [-0.4, -0.2) is 63.3 Å². The van der Waals surface area contributed by atoms with E-state index in [4.69, 9.17) is 4.74 Å². The Kier molecular flexibility index (Phi) is 5.22. The van der Waals surface area contributed by atoms with E-state index >= 15 is 0 Å².